The van der Waals surface area contributed by atoms with E-state index in [0.29, 0.717) is 11.8 Å². The third kappa shape index (κ3) is 0.782. The highest BCUT2D eigenvalue weighted by molar-refractivity contribution is 5.85. The van der Waals surface area contributed by atoms with E-state index in [1.165, 1.54) is 32.1 Å². The molecule has 4 bridgehead atoms. The van der Waals surface area contributed by atoms with Gasteiger partial charge < -0.3 is 5.26 Å². The van der Waals surface area contributed by atoms with Crippen LogP contribution in [-0.4, -0.2) is 5.78 Å². The van der Waals surface area contributed by atoms with Crippen molar-refractivity contribution in [1.29, 1.82) is 0 Å². The first-order valence-corrected chi connectivity index (χ1v) is 5.03. The smallest absolute Gasteiger partial charge is 0.335 e. The molecule has 0 aromatic rings. The fraction of sp³-hybridized carbons (Fsp3) is 0.900. The van der Waals surface area contributed by atoms with Crippen molar-refractivity contribution < 1.29 is 9.83 Å². The predicted molar refractivity (Wildman–Crippen MR) is 42.1 cm³/mol. The number of rotatable bonds is 0. The van der Waals surface area contributed by atoms with Crippen LogP contribution < -0.4 is 5.26 Å². The first-order chi connectivity index (χ1) is 5.86. The Hall–Kier alpha value is -0.530. The molecule has 4 rings (SSSR count). The van der Waals surface area contributed by atoms with Gasteiger partial charge in [-0.25, -0.2) is 0 Å². The molecule has 0 saturated heterocycles. The molecule has 2 nitrogen and oxygen atoms in total. The minimum absolute atomic E-state index is 0.541. The number of ketones is 1. The van der Waals surface area contributed by atoms with Gasteiger partial charge in [0, 0.05) is 0 Å². The van der Waals surface area contributed by atoms with Crippen LogP contribution in [0.2, 0.25) is 0 Å². The SMILES string of the molecule is [O-][O+]=C1C2CC3CC(C2)CC1C3. The summed E-state index contributed by atoms with van der Waals surface area (Å²) in [6.45, 7) is 0. The average molecular weight is 166 g/mol. The summed E-state index contributed by atoms with van der Waals surface area (Å²) in [6.07, 6.45) is 6.39. The fourth-order valence-corrected chi connectivity index (χ4v) is 3.78. The second kappa shape index (κ2) is 2.24. The molecule has 66 valence electrons. The van der Waals surface area contributed by atoms with E-state index in [4.69, 9.17) is 0 Å². The Labute approximate surface area is 72.2 Å². The molecular formula is C10H14O2. The zero-order valence-corrected chi connectivity index (χ0v) is 7.16. The Kier molecular flexibility index (Phi) is 1.29. The van der Waals surface area contributed by atoms with Crippen molar-refractivity contribution in [2.24, 2.45) is 23.7 Å². The lowest BCUT2D eigenvalue weighted by Crippen LogP contribution is -2.47. The van der Waals surface area contributed by atoms with Gasteiger partial charge in [0.2, 0.25) is 0 Å². The minimum Gasteiger partial charge on any atom is -0.463 e. The van der Waals surface area contributed by atoms with E-state index in [2.05, 4.69) is 4.58 Å². The lowest BCUT2D eigenvalue weighted by Gasteiger charge is -2.45. The Bertz CT molecular complexity index is 202. The van der Waals surface area contributed by atoms with Crippen molar-refractivity contribution in [3.63, 3.8) is 0 Å². The van der Waals surface area contributed by atoms with Crippen LogP contribution in [0.5, 0.6) is 0 Å². The van der Waals surface area contributed by atoms with Crippen LogP contribution in [0.1, 0.15) is 32.1 Å². The van der Waals surface area contributed by atoms with Gasteiger partial charge in [-0.15, -0.1) is 0 Å². The number of hydrogen-bond donors (Lipinski definition) is 0. The molecule has 0 radical (unpaired) electrons. The molecule has 0 heterocycles. The molecule has 0 atom stereocenters. The Balaban J connectivity index is 1.95. The summed E-state index contributed by atoms with van der Waals surface area (Å²) < 4.78 is 4.29. The Morgan fingerprint density at radius 2 is 1.42 bits per heavy atom. The first kappa shape index (κ1) is 6.93. The van der Waals surface area contributed by atoms with Crippen LogP contribution in [0.3, 0.4) is 0 Å². The van der Waals surface area contributed by atoms with E-state index in [-0.39, 0.29) is 0 Å². The van der Waals surface area contributed by atoms with Crippen molar-refractivity contribution in [2.75, 3.05) is 0 Å². The second-order valence-corrected chi connectivity index (χ2v) is 4.79. The topological polar surface area (TPSA) is 34.4 Å². The zero-order chi connectivity index (χ0) is 8.13. The molecule has 0 N–H and O–H groups in total. The van der Waals surface area contributed by atoms with Gasteiger partial charge in [0.15, 0.2) is 0 Å². The van der Waals surface area contributed by atoms with E-state index >= 15 is 0 Å². The highest BCUT2D eigenvalue weighted by atomic mass is 17.1. The molecule has 4 fully saturated rings. The molecule has 4 saturated carbocycles. The summed E-state index contributed by atoms with van der Waals surface area (Å²) in [7, 11) is 0. The van der Waals surface area contributed by atoms with E-state index in [1.807, 2.05) is 0 Å². The molecule has 12 heavy (non-hydrogen) atoms. The molecule has 0 amide bonds. The van der Waals surface area contributed by atoms with Gasteiger partial charge in [-0.1, -0.05) is 0 Å². The predicted octanol–water partition coefficient (Wildman–Crippen LogP) is 0.823. The molecule has 0 unspecified atom stereocenters. The van der Waals surface area contributed by atoms with Gasteiger partial charge in [0.05, 0.1) is 11.8 Å². The third-order valence-electron chi connectivity index (χ3n) is 4.04. The molecular weight excluding hydrogens is 152 g/mol. The molecule has 0 aliphatic heterocycles. The van der Waals surface area contributed by atoms with Crippen LogP contribution in [0.15, 0.2) is 0 Å². The summed E-state index contributed by atoms with van der Waals surface area (Å²) in [6, 6.07) is 0. The van der Waals surface area contributed by atoms with Crippen LogP contribution in [0, 0.1) is 23.7 Å². The maximum absolute atomic E-state index is 10.5. The lowest BCUT2D eigenvalue weighted by molar-refractivity contribution is -1.05. The largest absolute Gasteiger partial charge is 0.463 e. The molecule has 2 heteroatoms. The van der Waals surface area contributed by atoms with Crippen molar-refractivity contribution in [3.8, 4) is 0 Å². The Morgan fingerprint density at radius 1 is 0.917 bits per heavy atom. The minimum atomic E-state index is 0.541. The highest BCUT2D eigenvalue weighted by Crippen LogP contribution is 2.51. The van der Waals surface area contributed by atoms with Gasteiger partial charge in [-0.2, -0.15) is 4.58 Å². The molecule has 0 aromatic heterocycles. The molecule has 4 aliphatic rings. The van der Waals surface area contributed by atoms with Gasteiger partial charge in [-0.05, 0) is 43.9 Å². The monoisotopic (exact) mass is 166 g/mol. The first-order valence-electron chi connectivity index (χ1n) is 5.03. The van der Waals surface area contributed by atoms with Gasteiger partial charge in [-0.3, -0.25) is 0 Å². The van der Waals surface area contributed by atoms with Crippen LogP contribution in [0.4, 0.5) is 0 Å². The van der Waals surface area contributed by atoms with Crippen LogP contribution in [0.25, 0.3) is 0 Å². The number of hydrogen-bond acceptors (Lipinski definition) is 1. The molecule has 0 spiro atoms. The zero-order valence-electron chi connectivity index (χ0n) is 7.16. The van der Waals surface area contributed by atoms with E-state index in [1.54, 1.807) is 0 Å². The third-order valence-corrected chi connectivity index (χ3v) is 4.04. The van der Waals surface area contributed by atoms with Crippen molar-refractivity contribution in [1.82, 2.24) is 0 Å². The number of carbonyl (C=O) groups excluding carboxylic acids is 1. The van der Waals surface area contributed by atoms with E-state index < -0.39 is 0 Å². The average Bonchev–Trinajstić information content (AvgIpc) is 2.02. The lowest BCUT2D eigenvalue weighted by atomic mass is 9.56. The highest BCUT2D eigenvalue weighted by Gasteiger charge is 2.52. The fourth-order valence-electron chi connectivity index (χ4n) is 3.78. The van der Waals surface area contributed by atoms with Crippen LogP contribution >= 0.6 is 0 Å². The van der Waals surface area contributed by atoms with Crippen molar-refractivity contribution >= 4 is 5.78 Å². The Morgan fingerprint density at radius 3 is 1.83 bits per heavy atom. The summed E-state index contributed by atoms with van der Waals surface area (Å²) in [5.74, 6) is 3.83. The quantitative estimate of drug-likeness (QED) is 0.298. The normalized spacial score (nSPS) is 49.8. The molecule has 0 aromatic carbocycles. The maximum atomic E-state index is 10.5. The van der Waals surface area contributed by atoms with Crippen LogP contribution in [-0.2, 0) is 4.58 Å². The van der Waals surface area contributed by atoms with Gasteiger partial charge >= 0.3 is 5.78 Å². The van der Waals surface area contributed by atoms with Crippen molar-refractivity contribution in [3.05, 3.63) is 0 Å². The summed E-state index contributed by atoms with van der Waals surface area (Å²) >= 11 is 0. The van der Waals surface area contributed by atoms with Crippen molar-refractivity contribution in [2.45, 2.75) is 32.1 Å². The van der Waals surface area contributed by atoms with E-state index in [0.717, 1.165) is 17.6 Å². The molecule has 4 aliphatic carbocycles. The standard InChI is InChI=1S/C10H14O2/c11-12-10-8-2-6-1-7(4-8)5-9(10)3-6/h6-9H,1-5H2. The second-order valence-electron chi connectivity index (χ2n) is 4.79. The summed E-state index contributed by atoms with van der Waals surface area (Å²) in [4.78, 5) is 0. The van der Waals surface area contributed by atoms with E-state index in [9.17, 15) is 5.26 Å². The summed E-state index contributed by atoms with van der Waals surface area (Å²) in [5, 5.41) is 10.5. The summed E-state index contributed by atoms with van der Waals surface area (Å²) in [5.41, 5.74) is 0. The maximum Gasteiger partial charge on any atom is 0.335 e. The van der Waals surface area contributed by atoms with Gasteiger partial charge in [0.25, 0.3) is 0 Å². The van der Waals surface area contributed by atoms with Gasteiger partial charge in [0.1, 0.15) is 0 Å².